The van der Waals surface area contributed by atoms with Gasteiger partial charge in [-0.05, 0) is 31.5 Å². The monoisotopic (exact) mass is 264 g/mol. The van der Waals surface area contributed by atoms with Crippen LogP contribution in [0.4, 0.5) is 5.69 Å². The Labute approximate surface area is 115 Å². The van der Waals surface area contributed by atoms with E-state index in [2.05, 4.69) is 23.2 Å². The molecular weight excluding hydrogens is 240 g/mol. The second-order valence-corrected chi connectivity index (χ2v) is 4.92. The Morgan fingerprint density at radius 3 is 2.84 bits per heavy atom. The van der Waals surface area contributed by atoms with E-state index in [0.717, 1.165) is 36.8 Å². The number of rotatable bonds is 6. The van der Waals surface area contributed by atoms with Crippen molar-refractivity contribution in [3.8, 4) is 11.5 Å². The van der Waals surface area contributed by atoms with Crippen molar-refractivity contribution in [3.05, 3.63) is 18.2 Å². The summed E-state index contributed by atoms with van der Waals surface area (Å²) in [7, 11) is 3.39. The van der Waals surface area contributed by atoms with Crippen LogP contribution in [0.3, 0.4) is 0 Å². The third-order valence-corrected chi connectivity index (χ3v) is 3.60. The fourth-order valence-electron chi connectivity index (χ4n) is 2.54. The van der Waals surface area contributed by atoms with Crippen LogP contribution in [0.5, 0.6) is 11.5 Å². The van der Waals surface area contributed by atoms with E-state index in [9.17, 15) is 0 Å². The van der Waals surface area contributed by atoms with Gasteiger partial charge in [0.2, 0.25) is 0 Å². The number of benzene rings is 1. The second-order valence-electron chi connectivity index (χ2n) is 4.92. The molecule has 1 aromatic carbocycles. The highest BCUT2D eigenvalue weighted by Gasteiger charge is 2.24. The molecule has 1 fully saturated rings. The van der Waals surface area contributed by atoms with E-state index in [1.54, 1.807) is 14.2 Å². The highest BCUT2D eigenvalue weighted by atomic mass is 16.5. The lowest BCUT2D eigenvalue weighted by Crippen LogP contribution is -2.33. The average Bonchev–Trinajstić information content (AvgIpc) is 2.92. The standard InChI is InChI=1S/C15H24N2O2/c1-4-8-16-12-7-9-17(11-12)14-6-5-13(18-2)10-15(14)19-3/h5-6,10,12,16H,4,7-9,11H2,1-3H3. The van der Waals surface area contributed by atoms with Crippen LogP contribution >= 0.6 is 0 Å². The SMILES string of the molecule is CCCNC1CCN(c2ccc(OC)cc2OC)C1. The highest BCUT2D eigenvalue weighted by molar-refractivity contribution is 5.61. The molecule has 0 saturated carbocycles. The first-order chi connectivity index (χ1) is 9.28. The molecule has 1 N–H and O–H groups in total. The van der Waals surface area contributed by atoms with Crippen molar-refractivity contribution in [1.82, 2.24) is 5.32 Å². The van der Waals surface area contributed by atoms with E-state index in [0.29, 0.717) is 6.04 Å². The van der Waals surface area contributed by atoms with Crippen LogP contribution in [-0.4, -0.2) is 39.9 Å². The van der Waals surface area contributed by atoms with E-state index < -0.39 is 0 Å². The number of methoxy groups -OCH3 is 2. The Morgan fingerprint density at radius 1 is 1.32 bits per heavy atom. The van der Waals surface area contributed by atoms with Crippen LogP contribution < -0.4 is 19.7 Å². The van der Waals surface area contributed by atoms with Crippen LogP contribution in [0.15, 0.2) is 18.2 Å². The summed E-state index contributed by atoms with van der Waals surface area (Å²) in [5, 5.41) is 3.58. The summed E-state index contributed by atoms with van der Waals surface area (Å²) in [5.41, 5.74) is 1.16. The van der Waals surface area contributed by atoms with Gasteiger partial charge < -0.3 is 19.7 Å². The molecule has 2 rings (SSSR count). The van der Waals surface area contributed by atoms with Gasteiger partial charge in [0.25, 0.3) is 0 Å². The molecule has 0 spiro atoms. The lowest BCUT2D eigenvalue weighted by atomic mass is 10.2. The van der Waals surface area contributed by atoms with Crippen molar-refractivity contribution in [2.24, 2.45) is 0 Å². The van der Waals surface area contributed by atoms with Gasteiger partial charge in [-0.2, -0.15) is 0 Å². The predicted molar refractivity (Wildman–Crippen MR) is 78.5 cm³/mol. The van der Waals surface area contributed by atoms with Gasteiger partial charge in [0.15, 0.2) is 0 Å². The first-order valence-electron chi connectivity index (χ1n) is 6.98. The Bertz CT molecular complexity index is 409. The smallest absolute Gasteiger partial charge is 0.145 e. The summed E-state index contributed by atoms with van der Waals surface area (Å²) in [6, 6.07) is 6.61. The number of hydrogen-bond donors (Lipinski definition) is 1. The molecule has 1 aliphatic rings. The van der Waals surface area contributed by atoms with Crippen LogP contribution in [-0.2, 0) is 0 Å². The summed E-state index contributed by atoms with van der Waals surface area (Å²) in [4.78, 5) is 2.38. The molecule has 1 saturated heterocycles. The summed E-state index contributed by atoms with van der Waals surface area (Å²) in [5.74, 6) is 1.72. The zero-order valence-electron chi connectivity index (χ0n) is 12.1. The third kappa shape index (κ3) is 3.32. The number of ether oxygens (including phenoxy) is 2. The Balaban J connectivity index is 2.06. The van der Waals surface area contributed by atoms with Crippen LogP contribution in [0.1, 0.15) is 19.8 Å². The van der Waals surface area contributed by atoms with Gasteiger partial charge in [0.05, 0.1) is 19.9 Å². The summed E-state index contributed by atoms with van der Waals surface area (Å²) >= 11 is 0. The van der Waals surface area contributed by atoms with Crippen molar-refractivity contribution in [2.75, 3.05) is 38.8 Å². The van der Waals surface area contributed by atoms with Crippen LogP contribution in [0.2, 0.25) is 0 Å². The molecule has 1 heterocycles. The molecule has 0 bridgehead atoms. The molecule has 1 aromatic rings. The minimum absolute atomic E-state index is 0.590. The molecular formula is C15H24N2O2. The third-order valence-electron chi connectivity index (χ3n) is 3.60. The first-order valence-corrected chi connectivity index (χ1v) is 6.98. The van der Waals surface area contributed by atoms with E-state index in [4.69, 9.17) is 9.47 Å². The Hall–Kier alpha value is -1.42. The number of anilines is 1. The summed E-state index contributed by atoms with van der Waals surface area (Å²) in [6.45, 7) is 5.41. The molecule has 1 atom stereocenters. The van der Waals surface area contributed by atoms with Gasteiger partial charge in [-0.25, -0.2) is 0 Å². The predicted octanol–water partition coefficient (Wildman–Crippen LogP) is 2.28. The molecule has 0 aliphatic carbocycles. The van der Waals surface area contributed by atoms with Crippen molar-refractivity contribution < 1.29 is 9.47 Å². The van der Waals surface area contributed by atoms with Gasteiger partial charge in [0.1, 0.15) is 11.5 Å². The van der Waals surface area contributed by atoms with Crippen molar-refractivity contribution in [3.63, 3.8) is 0 Å². The molecule has 1 unspecified atom stereocenters. The number of nitrogens with one attached hydrogen (secondary N) is 1. The van der Waals surface area contributed by atoms with E-state index >= 15 is 0 Å². The van der Waals surface area contributed by atoms with Crippen LogP contribution in [0.25, 0.3) is 0 Å². The topological polar surface area (TPSA) is 33.7 Å². The quantitative estimate of drug-likeness (QED) is 0.854. The van der Waals surface area contributed by atoms with E-state index in [1.165, 1.54) is 12.8 Å². The summed E-state index contributed by atoms with van der Waals surface area (Å²) < 4.78 is 10.7. The lowest BCUT2D eigenvalue weighted by molar-refractivity contribution is 0.394. The van der Waals surface area contributed by atoms with Gasteiger partial charge in [-0.15, -0.1) is 0 Å². The molecule has 0 radical (unpaired) electrons. The highest BCUT2D eigenvalue weighted by Crippen LogP contribution is 2.34. The van der Waals surface area contributed by atoms with Crippen molar-refractivity contribution >= 4 is 5.69 Å². The zero-order chi connectivity index (χ0) is 13.7. The maximum Gasteiger partial charge on any atom is 0.145 e. The molecule has 4 nitrogen and oxygen atoms in total. The summed E-state index contributed by atoms with van der Waals surface area (Å²) in [6.07, 6.45) is 2.37. The molecule has 4 heteroatoms. The van der Waals surface area contributed by atoms with Gasteiger partial charge >= 0.3 is 0 Å². The molecule has 19 heavy (non-hydrogen) atoms. The Morgan fingerprint density at radius 2 is 2.16 bits per heavy atom. The average molecular weight is 264 g/mol. The molecule has 0 aromatic heterocycles. The Kier molecular flexibility index (Phi) is 4.91. The maximum absolute atomic E-state index is 5.47. The second kappa shape index (κ2) is 6.66. The maximum atomic E-state index is 5.47. The first kappa shape index (κ1) is 14.0. The minimum atomic E-state index is 0.590. The van der Waals surface area contributed by atoms with Crippen molar-refractivity contribution in [1.29, 1.82) is 0 Å². The zero-order valence-corrected chi connectivity index (χ0v) is 12.1. The van der Waals surface area contributed by atoms with Gasteiger partial charge in [0, 0.05) is 25.2 Å². The van der Waals surface area contributed by atoms with Gasteiger partial charge in [-0.1, -0.05) is 6.92 Å². The molecule has 0 amide bonds. The molecule has 1 aliphatic heterocycles. The fraction of sp³-hybridized carbons (Fsp3) is 0.600. The number of hydrogen-bond acceptors (Lipinski definition) is 4. The van der Waals surface area contributed by atoms with Crippen molar-refractivity contribution in [2.45, 2.75) is 25.8 Å². The van der Waals surface area contributed by atoms with E-state index in [-0.39, 0.29) is 0 Å². The van der Waals surface area contributed by atoms with Crippen LogP contribution in [0, 0.1) is 0 Å². The fourth-order valence-corrected chi connectivity index (χ4v) is 2.54. The molecule has 106 valence electrons. The van der Waals surface area contributed by atoms with Gasteiger partial charge in [-0.3, -0.25) is 0 Å². The van der Waals surface area contributed by atoms with E-state index in [1.807, 2.05) is 12.1 Å². The lowest BCUT2D eigenvalue weighted by Gasteiger charge is -2.22. The normalized spacial score (nSPS) is 18.7. The largest absolute Gasteiger partial charge is 0.497 e. The number of nitrogens with zero attached hydrogens (tertiary/aromatic N) is 1. The minimum Gasteiger partial charge on any atom is -0.497 e.